The van der Waals surface area contributed by atoms with Crippen molar-refractivity contribution in [1.82, 2.24) is 10.2 Å². The number of benzene rings is 2. The molecule has 2 heterocycles. The lowest BCUT2D eigenvalue weighted by molar-refractivity contribution is -0.162. The maximum absolute atomic E-state index is 14.6. The predicted molar refractivity (Wildman–Crippen MR) is 116 cm³/mol. The number of amides is 2. The zero-order valence-electron chi connectivity index (χ0n) is 18.1. The van der Waals surface area contributed by atoms with Gasteiger partial charge in [0.1, 0.15) is 12.0 Å². The highest BCUT2D eigenvalue weighted by Gasteiger charge is 2.51. The van der Waals surface area contributed by atoms with Crippen molar-refractivity contribution in [3.8, 4) is 0 Å². The minimum Gasteiger partial charge on any atom is -0.373 e. The fourth-order valence-corrected chi connectivity index (χ4v) is 5.24. The first kappa shape index (κ1) is 22.4. The van der Waals surface area contributed by atoms with Crippen LogP contribution in [0.3, 0.4) is 0 Å². The zero-order valence-corrected chi connectivity index (χ0v) is 18.1. The van der Waals surface area contributed by atoms with E-state index in [1.807, 2.05) is 0 Å². The molecule has 0 saturated carbocycles. The number of hydrogen-bond donors (Lipinski definition) is 2. The molecule has 0 bridgehead atoms. The molecule has 3 atom stereocenters. The smallest absolute Gasteiger partial charge is 0.262 e. The van der Waals surface area contributed by atoms with Gasteiger partial charge in [-0.1, -0.05) is 42.5 Å². The number of halogens is 2. The summed E-state index contributed by atoms with van der Waals surface area (Å²) in [5, 5.41) is 14.0. The van der Waals surface area contributed by atoms with E-state index in [9.17, 15) is 23.5 Å². The molecule has 2 aliphatic rings. The van der Waals surface area contributed by atoms with Gasteiger partial charge in [0, 0.05) is 32.0 Å². The molecule has 2 fully saturated rings. The minimum absolute atomic E-state index is 0.00819. The van der Waals surface area contributed by atoms with E-state index in [-0.39, 0.29) is 28.6 Å². The summed E-state index contributed by atoms with van der Waals surface area (Å²) < 4.78 is 28.0. The molecule has 2 N–H and O–H groups in total. The Balaban J connectivity index is 1.56. The summed E-state index contributed by atoms with van der Waals surface area (Å²) in [5.41, 5.74) is -1.46. The predicted octanol–water partition coefficient (Wildman–Crippen LogP) is 3.28. The van der Waals surface area contributed by atoms with Gasteiger partial charge in [-0.3, -0.25) is 9.59 Å². The number of aliphatic hydroxyl groups is 1. The summed E-state index contributed by atoms with van der Waals surface area (Å²) in [4.78, 5) is 27.1. The van der Waals surface area contributed by atoms with Crippen LogP contribution in [0, 0.1) is 11.2 Å². The number of hydrogen-bond acceptors (Lipinski definition) is 3. The molecule has 0 aromatic heterocycles. The monoisotopic (exact) mass is 442 g/mol. The van der Waals surface area contributed by atoms with Gasteiger partial charge in [-0.2, -0.15) is 0 Å². The molecule has 32 heavy (non-hydrogen) atoms. The Kier molecular flexibility index (Phi) is 6.03. The van der Waals surface area contributed by atoms with Crippen LogP contribution in [0.4, 0.5) is 8.78 Å². The van der Waals surface area contributed by atoms with Gasteiger partial charge in [0.05, 0.1) is 0 Å². The van der Waals surface area contributed by atoms with Crippen molar-refractivity contribution in [2.24, 2.45) is 5.41 Å². The number of rotatable bonds is 4. The van der Waals surface area contributed by atoms with E-state index < -0.39 is 17.7 Å². The standard InChI is InChI=1S/C25H28F2N2O3/c1-17(26)25(32,19-5-3-2-4-6-19)23(31)29-13-11-24(12-14-29)15-22(30)28-16-21(24)18-7-9-20(27)10-8-18/h2-10,17,21,32H,11-16H2,1H3,(H,28,30)/t17?,21-,25?/m0/s1. The lowest BCUT2D eigenvalue weighted by Crippen LogP contribution is -2.57. The van der Waals surface area contributed by atoms with Crippen LogP contribution in [0.1, 0.15) is 43.2 Å². The molecule has 2 unspecified atom stereocenters. The third kappa shape index (κ3) is 3.90. The largest absolute Gasteiger partial charge is 0.373 e. The van der Waals surface area contributed by atoms with Gasteiger partial charge in [0.2, 0.25) is 5.91 Å². The van der Waals surface area contributed by atoms with Crippen molar-refractivity contribution < 1.29 is 23.5 Å². The van der Waals surface area contributed by atoms with Gasteiger partial charge in [-0.15, -0.1) is 0 Å². The average Bonchev–Trinajstić information content (AvgIpc) is 2.80. The van der Waals surface area contributed by atoms with E-state index in [2.05, 4.69) is 5.32 Å². The topological polar surface area (TPSA) is 69.6 Å². The molecule has 2 aliphatic heterocycles. The molecule has 5 nitrogen and oxygen atoms in total. The normalized spacial score (nSPS) is 23.3. The lowest BCUT2D eigenvalue weighted by Gasteiger charge is -2.50. The van der Waals surface area contributed by atoms with Crippen molar-refractivity contribution in [2.75, 3.05) is 19.6 Å². The highest BCUT2D eigenvalue weighted by molar-refractivity contribution is 5.87. The van der Waals surface area contributed by atoms with Crippen LogP contribution < -0.4 is 5.32 Å². The number of carbonyl (C=O) groups is 2. The van der Waals surface area contributed by atoms with Gasteiger partial charge in [0.15, 0.2) is 5.60 Å². The third-order valence-corrected chi connectivity index (χ3v) is 7.19. The Bertz CT molecular complexity index is 972. The molecular formula is C25H28F2N2O3. The molecule has 2 amide bonds. The van der Waals surface area contributed by atoms with Gasteiger partial charge >= 0.3 is 0 Å². The van der Waals surface area contributed by atoms with Crippen LogP contribution in [0.2, 0.25) is 0 Å². The van der Waals surface area contributed by atoms with Crippen LogP contribution in [-0.4, -0.2) is 47.6 Å². The molecule has 0 radical (unpaired) electrons. The summed E-state index contributed by atoms with van der Waals surface area (Å²) >= 11 is 0. The third-order valence-electron chi connectivity index (χ3n) is 7.19. The Morgan fingerprint density at radius 2 is 1.78 bits per heavy atom. The number of likely N-dealkylation sites (tertiary alicyclic amines) is 1. The van der Waals surface area contributed by atoms with Crippen molar-refractivity contribution in [3.05, 3.63) is 71.5 Å². The fraction of sp³-hybridized carbons (Fsp3) is 0.440. The van der Waals surface area contributed by atoms with E-state index in [1.165, 1.54) is 24.0 Å². The summed E-state index contributed by atoms with van der Waals surface area (Å²) in [6.45, 7) is 2.26. The molecule has 2 aromatic carbocycles. The van der Waals surface area contributed by atoms with E-state index in [0.717, 1.165) is 5.56 Å². The van der Waals surface area contributed by atoms with Crippen LogP contribution in [0.15, 0.2) is 54.6 Å². The fourth-order valence-electron chi connectivity index (χ4n) is 5.24. The Morgan fingerprint density at radius 1 is 1.16 bits per heavy atom. The van der Waals surface area contributed by atoms with Crippen molar-refractivity contribution in [2.45, 2.75) is 43.9 Å². The van der Waals surface area contributed by atoms with Crippen LogP contribution in [-0.2, 0) is 15.2 Å². The molecular weight excluding hydrogens is 414 g/mol. The second-order valence-corrected chi connectivity index (χ2v) is 8.99. The first-order valence-corrected chi connectivity index (χ1v) is 11.0. The quantitative estimate of drug-likeness (QED) is 0.764. The molecule has 1 spiro atoms. The Labute approximate surface area is 186 Å². The van der Waals surface area contributed by atoms with Gasteiger partial charge in [-0.05, 0) is 48.4 Å². The zero-order chi connectivity index (χ0) is 22.9. The maximum Gasteiger partial charge on any atom is 0.262 e. The molecule has 0 aliphatic carbocycles. The summed E-state index contributed by atoms with van der Waals surface area (Å²) in [6, 6.07) is 14.5. The molecule has 4 rings (SSSR count). The van der Waals surface area contributed by atoms with E-state index in [4.69, 9.17) is 0 Å². The van der Waals surface area contributed by atoms with Crippen molar-refractivity contribution >= 4 is 11.8 Å². The van der Waals surface area contributed by atoms with Gasteiger partial charge in [-0.25, -0.2) is 8.78 Å². The molecule has 170 valence electrons. The highest BCUT2D eigenvalue weighted by Crippen LogP contribution is 2.49. The molecule has 2 saturated heterocycles. The number of alkyl halides is 1. The Hall–Kier alpha value is -2.80. The average molecular weight is 443 g/mol. The van der Waals surface area contributed by atoms with Gasteiger partial charge < -0.3 is 15.3 Å². The van der Waals surface area contributed by atoms with Crippen LogP contribution in [0.5, 0.6) is 0 Å². The molecule has 2 aromatic rings. The van der Waals surface area contributed by atoms with Crippen molar-refractivity contribution in [3.63, 3.8) is 0 Å². The van der Waals surface area contributed by atoms with E-state index in [0.29, 0.717) is 38.9 Å². The lowest BCUT2D eigenvalue weighted by atomic mass is 9.62. The minimum atomic E-state index is -2.26. The molecule has 7 heteroatoms. The summed E-state index contributed by atoms with van der Waals surface area (Å²) in [6.07, 6.45) is -0.389. The first-order valence-electron chi connectivity index (χ1n) is 11.0. The summed E-state index contributed by atoms with van der Waals surface area (Å²) in [7, 11) is 0. The van der Waals surface area contributed by atoms with E-state index >= 15 is 0 Å². The first-order chi connectivity index (χ1) is 15.3. The second-order valence-electron chi connectivity index (χ2n) is 8.99. The number of nitrogens with zero attached hydrogens (tertiary/aromatic N) is 1. The van der Waals surface area contributed by atoms with E-state index in [1.54, 1.807) is 42.5 Å². The number of nitrogens with one attached hydrogen (secondary N) is 1. The van der Waals surface area contributed by atoms with Crippen LogP contribution >= 0.6 is 0 Å². The van der Waals surface area contributed by atoms with Gasteiger partial charge in [0.25, 0.3) is 5.91 Å². The SMILES string of the molecule is CC(F)C(O)(C(=O)N1CCC2(CC1)CC(=O)NC[C@H]2c1ccc(F)cc1)c1ccccc1. The maximum atomic E-state index is 14.6. The Morgan fingerprint density at radius 3 is 2.38 bits per heavy atom. The van der Waals surface area contributed by atoms with Crippen molar-refractivity contribution in [1.29, 1.82) is 0 Å². The van der Waals surface area contributed by atoms with Crippen LogP contribution in [0.25, 0.3) is 0 Å². The number of carbonyl (C=O) groups excluding carboxylic acids is 2. The number of piperidine rings is 2. The second kappa shape index (κ2) is 8.62. The summed E-state index contributed by atoms with van der Waals surface area (Å²) in [5.74, 6) is -1.02. The highest BCUT2D eigenvalue weighted by atomic mass is 19.1.